The van der Waals surface area contributed by atoms with E-state index in [1.807, 2.05) is 45.0 Å². The highest BCUT2D eigenvalue weighted by Gasteiger charge is 2.26. The van der Waals surface area contributed by atoms with Crippen LogP contribution in [0.1, 0.15) is 25.8 Å². The van der Waals surface area contributed by atoms with Gasteiger partial charge in [0.25, 0.3) is 0 Å². The molecule has 0 saturated carbocycles. The number of amides is 1. The van der Waals surface area contributed by atoms with Crippen LogP contribution in [0.4, 0.5) is 5.69 Å². The third-order valence-corrected chi connectivity index (χ3v) is 2.98. The van der Waals surface area contributed by atoms with Gasteiger partial charge in [-0.15, -0.1) is 0 Å². The fourth-order valence-electron chi connectivity index (χ4n) is 1.65. The van der Waals surface area contributed by atoms with Crippen molar-refractivity contribution in [2.75, 3.05) is 12.4 Å². The number of nitrogens with two attached hydrogens (primary N) is 1. The number of aryl methyl sites for hydroxylation is 1. The molecule has 3 N–H and O–H groups in total. The molecule has 0 saturated heterocycles. The van der Waals surface area contributed by atoms with Crippen molar-refractivity contribution in [2.24, 2.45) is 5.73 Å². The van der Waals surface area contributed by atoms with Gasteiger partial charge < -0.3 is 15.8 Å². The molecule has 1 aromatic rings. The van der Waals surface area contributed by atoms with Gasteiger partial charge in [0, 0.05) is 19.2 Å². The van der Waals surface area contributed by atoms with Gasteiger partial charge in [-0.05, 0) is 32.9 Å². The van der Waals surface area contributed by atoms with Crippen LogP contribution < -0.4 is 11.1 Å². The summed E-state index contributed by atoms with van der Waals surface area (Å²) in [6.07, 6.45) is 0.521. The summed E-state index contributed by atoms with van der Waals surface area (Å²) in [5.74, 6) is -0.374. The maximum absolute atomic E-state index is 11.5. The van der Waals surface area contributed by atoms with Crippen LogP contribution in [-0.4, -0.2) is 24.7 Å². The lowest BCUT2D eigenvalue weighted by Crippen LogP contribution is -2.41. The second-order valence-corrected chi connectivity index (χ2v) is 5.13. The number of hydrogen-bond donors (Lipinski definition) is 2. The topological polar surface area (TPSA) is 64.3 Å². The smallest absolute Gasteiger partial charge is 0.240 e. The first-order chi connectivity index (χ1) is 8.34. The number of carbonyl (C=O) groups is 1. The minimum atomic E-state index is -0.442. The Labute approximate surface area is 109 Å². The van der Waals surface area contributed by atoms with E-state index >= 15 is 0 Å². The van der Waals surface area contributed by atoms with Crippen LogP contribution in [0.2, 0.25) is 0 Å². The molecule has 100 valence electrons. The summed E-state index contributed by atoms with van der Waals surface area (Å²) in [6.45, 7) is 5.88. The number of benzene rings is 1. The fourth-order valence-corrected chi connectivity index (χ4v) is 1.65. The molecule has 1 aromatic carbocycles. The summed E-state index contributed by atoms with van der Waals surface area (Å²) in [6, 6.07) is 7.41. The molecule has 1 amide bonds. The van der Waals surface area contributed by atoms with Crippen LogP contribution in [0.25, 0.3) is 0 Å². The van der Waals surface area contributed by atoms with E-state index in [4.69, 9.17) is 10.5 Å². The van der Waals surface area contributed by atoms with Crippen molar-refractivity contribution in [3.63, 3.8) is 0 Å². The summed E-state index contributed by atoms with van der Waals surface area (Å²) in [5.41, 5.74) is 7.09. The average Bonchev–Trinajstić information content (AvgIpc) is 2.31. The maximum Gasteiger partial charge on any atom is 0.240 e. The van der Waals surface area contributed by atoms with Crippen molar-refractivity contribution in [1.29, 1.82) is 0 Å². The van der Waals surface area contributed by atoms with E-state index in [9.17, 15) is 4.79 Å². The SMILES string of the molecule is COC(C)(C)CC(Nc1ccc(C)cc1)C(N)=O. The lowest BCUT2D eigenvalue weighted by Gasteiger charge is -2.28. The van der Waals surface area contributed by atoms with Crippen LogP contribution in [0.15, 0.2) is 24.3 Å². The lowest BCUT2D eigenvalue weighted by atomic mass is 9.98. The minimum Gasteiger partial charge on any atom is -0.379 e. The third kappa shape index (κ3) is 4.37. The largest absolute Gasteiger partial charge is 0.379 e. The summed E-state index contributed by atoms with van der Waals surface area (Å²) < 4.78 is 5.33. The first kappa shape index (κ1) is 14.5. The van der Waals surface area contributed by atoms with Gasteiger partial charge in [-0.1, -0.05) is 17.7 Å². The van der Waals surface area contributed by atoms with Crippen LogP contribution in [-0.2, 0) is 9.53 Å². The summed E-state index contributed by atoms with van der Waals surface area (Å²) in [5, 5.41) is 3.14. The molecule has 1 rings (SSSR count). The lowest BCUT2D eigenvalue weighted by molar-refractivity contribution is -0.120. The highest BCUT2D eigenvalue weighted by molar-refractivity contribution is 5.83. The molecule has 0 aliphatic rings. The molecule has 1 unspecified atom stereocenters. The van der Waals surface area contributed by atoms with E-state index in [2.05, 4.69) is 5.32 Å². The Morgan fingerprint density at radius 1 is 1.39 bits per heavy atom. The fraction of sp³-hybridized carbons (Fsp3) is 0.500. The molecule has 0 radical (unpaired) electrons. The molecule has 0 bridgehead atoms. The van der Waals surface area contributed by atoms with E-state index in [1.165, 1.54) is 5.56 Å². The molecule has 0 aliphatic heterocycles. The zero-order valence-corrected chi connectivity index (χ0v) is 11.5. The van der Waals surface area contributed by atoms with E-state index in [-0.39, 0.29) is 5.91 Å². The molecule has 0 aromatic heterocycles. The molecule has 0 aliphatic carbocycles. The quantitative estimate of drug-likeness (QED) is 0.812. The predicted octanol–water partition coefficient (Wildman–Crippen LogP) is 2.08. The summed E-state index contributed by atoms with van der Waals surface area (Å²) in [7, 11) is 1.63. The molecule has 0 fully saturated rings. The van der Waals surface area contributed by atoms with Gasteiger partial charge >= 0.3 is 0 Å². The third-order valence-electron chi connectivity index (χ3n) is 2.98. The van der Waals surface area contributed by atoms with Crippen LogP contribution in [0, 0.1) is 6.92 Å². The van der Waals surface area contributed by atoms with Gasteiger partial charge in [0.15, 0.2) is 0 Å². The van der Waals surface area contributed by atoms with Crippen molar-refractivity contribution < 1.29 is 9.53 Å². The second kappa shape index (κ2) is 5.87. The number of primary amides is 1. The standard InChI is InChI=1S/C14H22N2O2/c1-10-5-7-11(8-6-10)16-12(13(15)17)9-14(2,3)18-4/h5-8,12,16H,9H2,1-4H3,(H2,15,17). The van der Waals surface area contributed by atoms with Crippen molar-refractivity contribution in [1.82, 2.24) is 0 Å². The van der Waals surface area contributed by atoms with Crippen LogP contribution >= 0.6 is 0 Å². The van der Waals surface area contributed by atoms with E-state index in [1.54, 1.807) is 7.11 Å². The van der Waals surface area contributed by atoms with Gasteiger partial charge in [-0.25, -0.2) is 0 Å². The Balaban J connectivity index is 2.75. The van der Waals surface area contributed by atoms with Gasteiger partial charge in [-0.3, -0.25) is 4.79 Å². The Bertz CT molecular complexity index is 399. The number of ether oxygens (including phenoxy) is 1. The zero-order chi connectivity index (χ0) is 13.8. The number of carbonyl (C=O) groups excluding carboxylic acids is 1. The Morgan fingerprint density at radius 2 is 1.94 bits per heavy atom. The van der Waals surface area contributed by atoms with Gasteiger partial charge in [-0.2, -0.15) is 0 Å². The van der Waals surface area contributed by atoms with Crippen molar-refractivity contribution in [3.8, 4) is 0 Å². The van der Waals surface area contributed by atoms with E-state index in [0.29, 0.717) is 6.42 Å². The van der Waals surface area contributed by atoms with Crippen LogP contribution in [0.5, 0.6) is 0 Å². The predicted molar refractivity (Wildman–Crippen MR) is 73.5 cm³/mol. The zero-order valence-electron chi connectivity index (χ0n) is 11.5. The number of methoxy groups -OCH3 is 1. The van der Waals surface area contributed by atoms with Crippen molar-refractivity contribution in [2.45, 2.75) is 38.8 Å². The number of anilines is 1. The normalized spacial score (nSPS) is 13.1. The van der Waals surface area contributed by atoms with E-state index in [0.717, 1.165) is 5.69 Å². The number of hydrogen-bond acceptors (Lipinski definition) is 3. The van der Waals surface area contributed by atoms with Gasteiger partial charge in [0.2, 0.25) is 5.91 Å². The maximum atomic E-state index is 11.5. The van der Waals surface area contributed by atoms with E-state index < -0.39 is 11.6 Å². The molecule has 18 heavy (non-hydrogen) atoms. The molecule has 4 heteroatoms. The Hall–Kier alpha value is -1.55. The molecular weight excluding hydrogens is 228 g/mol. The highest BCUT2D eigenvalue weighted by Crippen LogP contribution is 2.19. The van der Waals surface area contributed by atoms with Gasteiger partial charge in [0.1, 0.15) is 6.04 Å². The number of rotatable bonds is 6. The average molecular weight is 250 g/mol. The second-order valence-electron chi connectivity index (χ2n) is 5.13. The Morgan fingerprint density at radius 3 is 2.39 bits per heavy atom. The van der Waals surface area contributed by atoms with Gasteiger partial charge in [0.05, 0.1) is 5.60 Å². The monoisotopic (exact) mass is 250 g/mol. The molecule has 0 spiro atoms. The number of nitrogens with one attached hydrogen (secondary N) is 1. The van der Waals surface area contributed by atoms with Crippen molar-refractivity contribution in [3.05, 3.63) is 29.8 Å². The molecule has 4 nitrogen and oxygen atoms in total. The first-order valence-corrected chi connectivity index (χ1v) is 6.02. The Kier molecular flexibility index (Phi) is 4.73. The minimum absolute atomic E-state index is 0.374. The molecule has 1 atom stereocenters. The summed E-state index contributed by atoms with van der Waals surface area (Å²) >= 11 is 0. The first-order valence-electron chi connectivity index (χ1n) is 6.02. The van der Waals surface area contributed by atoms with Crippen LogP contribution in [0.3, 0.4) is 0 Å². The molecule has 0 heterocycles. The summed E-state index contributed by atoms with van der Waals surface area (Å²) in [4.78, 5) is 11.5. The van der Waals surface area contributed by atoms with Crippen molar-refractivity contribution >= 4 is 11.6 Å². The molecular formula is C14H22N2O2. The highest BCUT2D eigenvalue weighted by atomic mass is 16.5.